The summed E-state index contributed by atoms with van der Waals surface area (Å²) in [6.07, 6.45) is 0. The quantitative estimate of drug-likeness (QED) is 0.340. The van der Waals surface area contributed by atoms with Gasteiger partial charge in [-0.3, -0.25) is 14.4 Å². The monoisotopic (exact) mass is 591 g/mol. The number of benzene rings is 2. The molecule has 1 unspecified atom stereocenters. The summed E-state index contributed by atoms with van der Waals surface area (Å²) in [5.41, 5.74) is -0.136. The second-order valence-electron chi connectivity index (χ2n) is 9.59. The number of nitrogens with one attached hydrogen (secondary N) is 1. The number of aryl methyl sites for hydroxylation is 1. The number of hydrogen-bond acceptors (Lipinski definition) is 6. The first-order valence-electron chi connectivity index (χ1n) is 12.9. The van der Waals surface area contributed by atoms with Gasteiger partial charge in [0.25, 0.3) is 11.5 Å². The lowest BCUT2D eigenvalue weighted by atomic mass is 9.87. The Hall–Kier alpha value is -4.39. The molecule has 3 aromatic rings. The van der Waals surface area contributed by atoms with Gasteiger partial charge in [0.15, 0.2) is 0 Å². The molecule has 42 heavy (non-hydrogen) atoms. The minimum absolute atomic E-state index is 0.0180. The molecule has 1 aromatic heterocycles. The van der Waals surface area contributed by atoms with Crippen LogP contribution in [0.15, 0.2) is 53.3 Å². The molecule has 0 bridgehead atoms. The minimum Gasteiger partial charge on any atom is -0.497 e. The molecule has 2 aromatic carbocycles. The zero-order valence-corrected chi connectivity index (χ0v) is 23.0. The third-order valence-electron chi connectivity index (χ3n) is 7.11. The van der Waals surface area contributed by atoms with Crippen LogP contribution in [0.25, 0.3) is 0 Å². The Morgan fingerprint density at radius 1 is 1.02 bits per heavy atom. The summed E-state index contributed by atoms with van der Waals surface area (Å²) in [5.74, 6) is -5.61. The van der Waals surface area contributed by atoms with Crippen molar-refractivity contribution in [3.8, 4) is 11.5 Å². The predicted octanol–water partition coefficient (Wildman–Crippen LogP) is 3.87. The predicted molar refractivity (Wildman–Crippen MR) is 144 cm³/mol. The van der Waals surface area contributed by atoms with Crippen LogP contribution in [0.3, 0.4) is 0 Å². The molecule has 2 atom stereocenters. The minimum atomic E-state index is -3.03. The summed E-state index contributed by atoms with van der Waals surface area (Å²) in [5, 5.41) is 2.58. The van der Waals surface area contributed by atoms with E-state index in [0.717, 1.165) is 12.1 Å². The van der Waals surface area contributed by atoms with Gasteiger partial charge in [0.05, 0.1) is 19.6 Å². The second kappa shape index (κ2) is 13.1. The maximum atomic E-state index is 15.2. The van der Waals surface area contributed by atoms with Crippen molar-refractivity contribution in [2.24, 2.45) is 5.92 Å². The van der Waals surface area contributed by atoms with Gasteiger partial charge in [-0.05, 0) is 43.3 Å². The van der Waals surface area contributed by atoms with E-state index in [1.807, 2.05) is 0 Å². The van der Waals surface area contributed by atoms with Crippen molar-refractivity contribution in [2.75, 3.05) is 38.8 Å². The van der Waals surface area contributed by atoms with E-state index in [2.05, 4.69) is 10.1 Å². The molecule has 0 aliphatic carbocycles. The Kier molecular flexibility index (Phi) is 9.51. The fraction of sp³-hybridized carbons (Fsp3) is 0.345. The van der Waals surface area contributed by atoms with Crippen LogP contribution in [0.1, 0.15) is 27.5 Å². The molecule has 0 saturated carbocycles. The van der Waals surface area contributed by atoms with Crippen molar-refractivity contribution in [3.05, 3.63) is 87.3 Å². The third-order valence-corrected chi connectivity index (χ3v) is 7.11. The van der Waals surface area contributed by atoms with E-state index in [1.165, 1.54) is 54.0 Å². The van der Waals surface area contributed by atoms with Crippen LogP contribution in [0.2, 0.25) is 0 Å². The summed E-state index contributed by atoms with van der Waals surface area (Å²) < 4.78 is 71.1. The summed E-state index contributed by atoms with van der Waals surface area (Å²) in [7, 11) is 2.74. The molecule has 1 saturated heterocycles. The average Bonchev–Trinajstić information content (AvgIpc) is 3.26. The van der Waals surface area contributed by atoms with Gasteiger partial charge in [-0.2, -0.15) is 8.78 Å². The topological polar surface area (TPSA) is 99.1 Å². The van der Waals surface area contributed by atoms with Crippen LogP contribution in [-0.4, -0.2) is 56.9 Å². The highest BCUT2D eigenvalue weighted by atomic mass is 19.3. The zero-order valence-electron chi connectivity index (χ0n) is 23.0. The molecule has 1 aliphatic rings. The maximum absolute atomic E-state index is 15.2. The third kappa shape index (κ3) is 6.40. The number of carbonyl (C=O) groups excluding carboxylic acids is 2. The van der Waals surface area contributed by atoms with Crippen molar-refractivity contribution in [2.45, 2.75) is 26.0 Å². The molecule has 9 nitrogen and oxygen atoms in total. The van der Waals surface area contributed by atoms with Crippen molar-refractivity contribution < 1.29 is 41.4 Å². The van der Waals surface area contributed by atoms with E-state index < -0.39 is 47.5 Å². The van der Waals surface area contributed by atoms with Crippen molar-refractivity contribution in [1.82, 2.24) is 9.88 Å². The standard InChI is InChI=1S/C29H29F4N3O6/c1-16-4-9-24(28(39)35(16)10-11-40-2)36-15-21(25-22(30)12-19(41-3)13-23(25)31)20(27(36)38)14-34-26(37)17-5-7-18(8-6-17)42-29(32)33/h4-9,12-13,20-21,29H,10-11,14-15H2,1-3H3,(H,34,37)/t20?,21-/m1/s1. The van der Waals surface area contributed by atoms with Gasteiger partial charge in [-0.15, -0.1) is 0 Å². The smallest absolute Gasteiger partial charge is 0.387 e. The van der Waals surface area contributed by atoms with Crippen LogP contribution in [-0.2, 0) is 16.1 Å². The molecule has 0 spiro atoms. The van der Waals surface area contributed by atoms with E-state index in [9.17, 15) is 23.2 Å². The number of halogens is 4. The maximum Gasteiger partial charge on any atom is 0.387 e. The number of hydrogen-bond donors (Lipinski definition) is 1. The number of nitrogens with zero attached hydrogens (tertiary/aromatic N) is 2. The number of amides is 2. The second-order valence-corrected chi connectivity index (χ2v) is 9.59. The van der Waals surface area contributed by atoms with Crippen LogP contribution >= 0.6 is 0 Å². The van der Waals surface area contributed by atoms with Gasteiger partial charge in [-0.1, -0.05) is 0 Å². The molecule has 224 valence electrons. The lowest BCUT2D eigenvalue weighted by molar-refractivity contribution is -0.120. The molecular formula is C29H29F4N3O6. The number of pyridine rings is 1. The van der Waals surface area contributed by atoms with Crippen LogP contribution in [0.5, 0.6) is 11.5 Å². The number of ether oxygens (including phenoxy) is 3. The summed E-state index contributed by atoms with van der Waals surface area (Å²) in [6.45, 7) is -1.41. The lowest BCUT2D eigenvalue weighted by Crippen LogP contribution is -2.38. The van der Waals surface area contributed by atoms with E-state index in [-0.39, 0.29) is 54.6 Å². The molecule has 0 radical (unpaired) electrons. The number of anilines is 1. The Bertz CT molecular complexity index is 1490. The van der Waals surface area contributed by atoms with E-state index in [4.69, 9.17) is 9.47 Å². The SMILES string of the molecule is COCCn1c(C)ccc(N2C[C@@H](c3c(F)cc(OC)cc3F)C(CNC(=O)c3ccc(OC(F)F)cc3)C2=O)c1=O. The number of alkyl halides is 2. The Labute approximate surface area is 238 Å². The highest BCUT2D eigenvalue weighted by Crippen LogP contribution is 2.39. The number of aromatic nitrogens is 1. The first kappa shape index (κ1) is 30.6. The van der Waals surface area contributed by atoms with Crippen LogP contribution < -0.4 is 25.2 Å². The van der Waals surface area contributed by atoms with E-state index in [1.54, 1.807) is 13.0 Å². The van der Waals surface area contributed by atoms with Gasteiger partial charge in [0.1, 0.15) is 28.8 Å². The number of rotatable bonds is 11. The highest BCUT2D eigenvalue weighted by Gasteiger charge is 2.45. The van der Waals surface area contributed by atoms with Gasteiger partial charge in [-0.25, -0.2) is 8.78 Å². The fourth-order valence-corrected chi connectivity index (χ4v) is 4.98. The molecule has 1 fully saturated rings. The average molecular weight is 592 g/mol. The molecule has 4 rings (SSSR count). The van der Waals surface area contributed by atoms with Crippen molar-refractivity contribution in [3.63, 3.8) is 0 Å². The molecule has 1 N–H and O–H groups in total. The first-order chi connectivity index (χ1) is 20.0. The van der Waals surface area contributed by atoms with Gasteiger partial charge >= 0.3 is 6.61 Å². The summed E-state index contributed by atoms with van der Waals surface area (Å²) >= 11 is 0. The summed E-state index contributed by atoms with van der Waals surface area (Å²) in [4.78, 5) is 41.1. The number of methoxy groups -OCH3 is 2. The van der Waals surface area contributed by atoms with Crippen LogP contribution in [0.4, 0.5) is 23.2 Å². The molecule has 2 amide bonds. The largest absolute Gasteiger partial charge is 0.497 e. The Morgan fingerprint density at radius 3 is 2.29 bits per heavy atom. The van der Waals surface area contributed by atoms with Gasteiger partial charge in [0.2, 0.25) is 5.91 Å². The van der Waals surface area contributed by atoms with Gasteiger partial charge in [0, 0.05) is 61.6 Å². The van der Waals surface area contributed by atoms with E-state index in [0.29, 0.717) is 5.69 Å². The van der Waals surface area contributed by atoms with Crippen LogP contribution in [0, 0.1) is 24.5 Å². The van der Waals surface area contributed by atoms with Gasteiger partial charge < -0.3 is 29.0 Å². The normalized spacial score (nSPS) is 16.7. The Morgan fingerprint density at radius 2 is 1.69 bits per heavy atom. The Balaban J connectivity index is 1.66. The lowest BCUT2D eigenvalue weighted by Gasteiger charge is -2.19. The summed E-state index contributed by atoms with van der Waals surface area (Å²) in [6, 6.07) is 9.98. The highest BCUT2D eigenvalue weighted by molar-refractivity contribution is 5.99. The molecule has 2 heterocycles. The fourth-order valence-electron chi connectivity index (χ4n) is 4.98. The van der Waals surface area contributed by atoms with Crippen molar-refractivity contribution in [1.29, 1.82) is 0 Å². The van der Waals surface area contributed by atoms with E-state index >= 15 is 8.78 Å². The molecule has 13 heteroatoms. The van der Waals surface area contributed by atoms with Crippen molar-refractivity contribution >= 4 is 17.5 Å². The number of carbonyl (C=O) groups is 2. The molecule has 1 aliphatic heterocycles. The first-order valence-corrected chi connectivity index (χ1v) is 12.9. The molecular weight excluding hydrogens is 562 g/mol. The zero-order chi connectivity index (χ0) is 30.6.